The highest BCUT2D eigenvalue weighted by Gasteiger charge is 2.11. The second-order valence-corrected chi connectivity index (χ2v) is 6.91. The maximum atomic E-state index is 5.71. The number of likely N-dealkylation sites (N-methyl/N-ethyl adjacent to an activating group) is 1. The van der Waals surface area contributed by atoms with Gasteiger partial charge in [-0.1, -0.05) is 30.9 Å². The van der Waals surface area contributed by atoms with Crippen LogP contribution >= 0.6 is 0 Å². The molecule has 1 aliphatic rings. The van der Waals surface area contributed by atoms with E-state index in [1.807, 2.05) is 18.2 Å². The number of aliphatic imine (C=N–C) groups is 1. The summed E-state index contributed by atoms with van der Waals surface area (Å²) >= 11 is 0. The largest absolute Gasteiger partial charge is 0.489 e. The highest BCUT2D eigenvalue weighted by molar-refractivity contribution is 5.79. The lowest BCUT2D eigenvalue weighted by molar-refractivity contribution is 0.274. The molecule has 0 aromatic heterocycles. The minimum atomic E-state index is 0.510. The molecule has 1 aliphatic heterocycles. The van der Waals surface area contributed by atoms with Crippen LogP contribution in [0, 0.1) is 0 Å². The van der Waals surface area contributed by atoms with Crippen molar-refractivity contribution in [2.45, 2.75) is 19.4 Å². The van der Waals surface area contributed by atoms with Gasteiger partial charge in [-0.3, -0.25) is 4.99 Å². The molecule has 0 spiro atoms. The molecule has 1 heterocycles. The van der Waals surface area contributed by atoms with Crippen molar-refractivity contribution in [2.24, 2.45) is 4.99 Å². The molecule has 6 heteroatoms. The topological polar surface area (TPSA) is 52.1 Å². The highest BCUT2D eigenvalue weighted by atomic mass is 16.5. The third-order valence-electron chi connectivity index (χ3n) is 4.75. The van der Waals surface area contributed by atoms with Gasteiger partial charge >= 0.3 is 0 Å². The normalized spacial score (nSPS) is 16.6. The van der Waals surface area contributed by atoms with Gasteiger partial charge in [-0.15, -0.1) is 0 Å². The average molecular weight is 374 g/mol. The first kappa shape index (κ1) is 21.3. The van der Waals surface area contributed by atoms with E-state index in [9.17, 15) is 0 Å². The number of guanidine groups is 1. The van der Waals surface area contributed by atoms with Gasteiger partial charge in [0.1, 0.15) is 12.4 Å². The Hall–Kier alpha value is -2.05. The van der Waals surface area contributed by atoms with Crippen LogP contribution in [0.4, 0.5) is 0 Å². The summed E-state index contributed by atoms with van der Waals surface area (Å²) in [6.45, 7) is 11.7. The molecule has 150 valence electrons. The molecule has 2 N–H and O–H groups in total. The van der Waals surface area contributed by atoms with Gasteiger partial charge in [0.05, 0.1) is 0 Å². The van der Waals surface area contributed by atoms with E-state index in [2.05, 4.69) is 45.1 Å². The fourth-order valence-electron chi connectivity index (χ4n) is 3.17. The van der Waals surface area contributed by atoms with Crippen LogP contribution in [0.1, 0.15) is 18.4 Å². The number of ether oxygens (including phenoxy) is 1. The SMILES string of the molecule is C=CCOc1ccccc1CNC(=NC)NCCCN1CCCN(C)CC1. The van der Waals surface area contributed by atoms with E-state index in [0.29, 0.717) is 13.2 Å². The zero-order valence-electron chi connectivity index (χ0n) is 16.9. The van der Waals surface area contributed by atoms with Crippen molar-refractivity contribution in [3.8, 4) is 5.75 Å². The van der Waals surface area contributed by atoms with Crippen LogP contribution in [0.5, 0.6) is 5.75 Å². The Kier molecular flexibility index (Phi) is 9.73. The maximum absolute atomic E-state index is 5.71. The first-order valence-corrected chi connectivity index (χ1v) is 9.90. The number of benzene rings is 1. The minimum Gasteiger partial charge on any atom is -0.489 e. The summed E-state index contributed by atoms with van der Waals surface area (Å²) in [5.41, 5.74) is 1.11. The molecule has 0 bridgehead atoms. The van der Waals surface area contributed by atoms with Gasteiger partial charge < -0.3 is 25.2 Å². The molecule has 0 aliphatic carbocycles. The summed E-state index contributed by atoms with van der Waals surface area (Å²) in [5, 5.41) is 6.78. The van der Waals surface area contributed by atoms with Crippen LogP contribution in [-0.4, -0.2) is 75.7 Å². The summed E-state index contributed by atoms with van der Waals surface area (Å²) < 4.78 is 5.71. The zero-order chi connectivity index (χ0) is 19.3. The number of hydrogen-bond donors (Lipinski definition) is 2. The lowest BCUT2D eigenvalue weighted by Gasteiger charge is -2.20. The van der Waals surface area contributed by atoms with E-state index in [1.54, 1.807) is 13.1 Å². The van der Waals surface area contributed by atoms with Crippen LogP contribution in [0.2, 0.25) is 0 Å². The number of nitrogens with zero attached hydrogens (tertiary/aromatic N) is 3. The Balaban J connectivity index is 1.69. The molecular formula is C21H35N5O. The fourth-order valence-corrected chi connectivity index (χ4v) is 3.17. The Bertz CT molecular complexity index is 590. The van der Waals surface area contributed by atoms with Crippen molar-refractivity contribution < 1.29 is 4.74 Å². The van der Waals surface area contributed by atoms with Crippen molar-refractivity contribution in [2.75, 3.05) is 60.0 Å². The molecule has 1 aromatic carbocycles. The predicted octanol–water partition coefficient (Wildman–Crippen LogP) is 1.94. The highest BCUT2D eigenvalue weighted by Crippen LogP contribution is 2.17. The minimum absolute atomic E-state index is 0.510. The van der Waals surface area contributed by atoms with Crippen molar-refractivity contribution in [3.63, 3.8) is 0 Å². The van der Waals surface area contributed by atoms with E-state index in [1.165, 1.54) is 32.6 Å². The molecule has 6 nitrogen and oxygen atoms in total. The maximum Gasteiger partial charge on any atom is 0.191 e. The third kappa shape index (κ3) is 8.01. The molecule has 1 fully saturated rings. The van der Waals surface area contributed by atoms with Crippen LogP contribution in [0.25, 0.3) is 0 Å². The quantitative estimate of drug-likeness (QED) is 0.300. The van der Waals surface area contributed by atoms with E-state index in [0.717, 1.165) is 36.8 Å². The number of nitrogens with one attached hydrogen (secondary N) is 2. The summed E-state index contributed by atoms with van der Waals surface area (Å²) in [7, 11) is 4.02. The first-order chi connectivity index (χ1) is 13.2. The van der Waals surface area contributed by atoms with E-state index in [4.69, 9.17) is 4.74 Å². The van der Waals surface area contributed by atoms with E-state index < -0.39 is 0 Å². The second-order valence-electron chi connectivity index (χ2n) is 6.91. The van der Waals surface area contributed by atoms with Crippen molar-refractivity contribution >= 4 is 5.96 Å². The lowest BCUT2D eigenvalue weighted by Crippen LogP contribution is -2.38. The smallest absolute Gasteiger partial charge is 0.191 e. The molecule has 0 atom stereocenters. The molecule has 0 radical (unpaired) electrons. The number of para-hydroxylation sites is 1. The number of hydrogen-bond acceptors (Lipinski definition) is 4. The van der Waals surface area contributed by atoms with Crippen LogP contribution < -0.4 is 15.4 Å². The second kappa shape index (κ2) is 12.4. The van der Waals surface area contributed by atoms with Crippen molar-refractivity contribution in [1.82, 2.24) is 20.4 Å². The van der Waals surface area contributed by atoms with Crippen molar-refractivity contribution in [1.29, 1.82) is 0 Å². The summed E-state index contributed by atoms with van der Waals surface area (Å²) in [4.78, 5) is 9.30. The van der Waals surface area contributed by atoms with Gasteiger partial charge in [-0.2, -0.15) is 0 Å². The van der Waals surface area contributed by atoms with E-state index >= 15 is 0 Å². The molecule has 1 aromatic rings. The van der Waals surface area contributed by atoms with Gasteiger partial charge in [-0.25, -0.2) is 0 Å². The van der Waals surface area contributed by atoms with Gasteiger partial charge in [-0.05, 0) is 45.6 Å². The van der Waals surface area contributed by atoms with E-state index in [-0.39, 0.29) is 0 Å². The standard InChI is InChI=1S/C21H35N5O/c1-4-17-27-20-10-6-5-9-19(20)18-24-21(22-2)23-11-7-13-26-14-8-12-25(3)15-16-26/h4-6,9-10H,1,7-8,11-18H2,2-3H3,(H2,22,23,24). The molecule has 0 amide bonds. The van der Waals surface area contributed by atoms with Gasteiger partial charge in [0.2, 0.25) is 0 Å². The van der Waals surface area contributed by atoms with Crippen molar-refractivity contribution in [3.05, 3.63) is 42.5 Å². The molecule has 0 unspecified atom stereocenters. The number of rotatable bonds is 9. The summed E-state index contributed by atoms with van der Waals surface area (Å²) in [6.07, 6.45) is 4.14. The lowest BCUT2D eigenvalue weighted by atomic mass is 10.2. The van der Waals surface area contributed by atoms with Gasteiger partial charge in [0.25, 0.3) is 0 Å². The Morgan fingerprint density at radius 2 is 2.07 bits per heavy atom. The summed E-state index contributed by atoms with van der Waals surface area (Å²) in [6, 6.07) is 8.05. The van der Waals surface area contributed by atoms with Gasteiger partial charge in [0, 0.05) is 38.8 Å². The predicted molar refractivity (Wildman–Crippen MR) is 114 cm³/mol. The van der Waals surface area contributed by atoms with Gasteiger partial charge in [0.15, 0.2) is 5.96 Å². The Morgan fingerprint density at radius 3 is 2.89 bits per heavy atom. The molecule has 27 heavy (non-hydrogen) atoms. The van der Waals surface area contributed by atoms with Crippen LogP contribution in [-0.2, 0) is 6.54 Å². The third-order valence-corrected chi connectivity index (χ3v) is 4.75. The molecular weight excluding hydrogens is 338 g/mol. The Labute approximate surface area is 164 Å². The average Bonchev–Trinajstić information content (AvgIpc) is 2.90. The molecule has 1 saturated heterocycles. The van der Waals surface area contributed by atoms with Crippen LogP contribution in [0.3, 0.4) is 0 Å². The zero-order valence-corrected chi connectivity index (χ0v) is 16.9. The van der Waals surface area contributed by atoms with Crippen LogP contribution in [0.15, 0.2) is 41.9 Å². The molecule has 2 rings (SSSR count). The Morgan fingerprint density at radius 1 is 1.22 bits per heavy atom. The summed E-state index contributed by atoms with van der Waals surface area (Å²) in [5.74, 6) is 1.70. The first-order valence-electron chi connectivity index (χ1n) is 9.90. The molecule has 0 saturated carbocycles. The monoisotopic (exact) mass is 373 g/mol. The fraction of sp³-hybridized carbons (Fsp3) is 0.571.